The summed E-state index contributed by atoms with van der Waals surface area (Å²) in [4.78, 5) is 33.0. The molecule has 0 unspecified atom stereocenters. The third-order valence-electron chi connectivity index (χ3n) is 6.80. The Bertz CT molecular complexity index is 1270. The molecule has 204 valence electrons. The maximum absolute atomic E-state index is 13.3. The lowest BCUT2D eigenvalue weighted by Crippen LogP contribution is -2.30. The summed E-state index contributed by atoms with van der Waals surface area (Å²) >= 11 is 0. The van der Waals surface area contributed by atoms with Crippen LogP contribution in [0.2, 0.25) is 0 Å². The number of aryl methyl sites for hydroxylation is 1. The number of ether oxygens (including phenoxy) is 3. The van der Waals surface area contributed by atoms with Crippen LogP contribution < -0.4 is 5.32 Å². The number of methoxy groups -OCH3 is 2. The number of hydrogen-bond acceptors (Lipinski definition) is 7. The number of amides is 1. The van der Waals surface area contributed by atoms with Gasteiger partial charge in [0.1, 0.15) is 11.4 Å². The first-order chi connectivity index (χ1) is 18.1. The first-order valence-electron chi connectivity index (χ1n) is 13.0. The van der Waals surface area contributed by atoms with Crippen LogP contribution in [-0.2, 0) is 20.6 Å². The Morgan fingerprint density at radius 3 is 2.45 bits per heavy atom. The van der Waals surface area contributed by atoms with Gasteiger partial charge in [0.15, 0.2) is 6.29 Å². The Labute approximate surface area is 224 Å². The molecule has 3 heterocycles. The molecule has 38 heavy (non-hydrogen) atoms. The highest BCUT2D eigenvalue weighted by Crippen LogP contribution is 2.35. The number of carbonyl (C=O) groups is 2. The van der Waals surface area contributed by atoms with Crippen LogP contribution in [-0.4, -0.2) is 66.2 Å². The Balaban J connectivity index is 1.57. The minimum Gasteiger partial charge on any atom is -0.443 e. The van der Waals surface area contributed by atoms with E-state index in [2.05, 4.69) is 22.2 Å². The van der Waals surface area contributed by atoms with E-state index in [-0.39, 0.29) is 18.2 Å². The van der Waals surface area contributed by atoms with Crippen molar-refractivity contribution in [2.75, 3.05) is 33.1 Å². The largest absolute Gasteiger partial charge is 0.443 e. The normalized spacial score (nSPS) is 16.3. The van der Waals surface area contributed by atoms with E-state index in [1.807, 2.05) is 39.0 Å². The Morgan fingerprint density at radius 2 is 1.84 bits per heavy atom. The third-order valence-corrected chi connectivity index (χ3v) is 6.80. The van der Waals surface area contributed by atoms with Crippen LogP contribution in [0.3, 0.4) is 0 Å². The van der Waals surface area contributed by atoms with Crippen molar-refractivity contribution >= 4 is 28.7 Å². The van der Waals surface area contributed by atoms with Gasteiger partial charge in [-0.3, -0.25) is 9.69 Å². The van der Waals surface area contributed by atoms with Crippen molar-refractivity contribution in [3.8, 4) is 0 Å². The molecule has 0 radical (unpaired) electrons. The number of aromatic nitrogens is 2. The van der Waals surface area contributed by atoms with Crippen LogP contribution in [0.4, 0.5) is 10.6 Å². The number of nitrogens with one attached hydrogen (secondary N) is 1. The summed E-state index contributed by atoms with van der Waals surface area (Å²) < 4.78 is 17.9. The lowest BCUT2D eigenvalue weighted by atomic mass is 10.1. The predicted octanol–water partition coefficient (Wildman–Crippen LogP) is 5.39. The molecule has 3 aromatic rings. The topological polar surface area (TPSA) is 94.9 Å². The highest BCUT2D eigenvalue weighted by molar-refractivity contribution is 6.04. The van der Waals surface area contributed by atoms with Crippen LogP contribution in [0.5, 0.6) is 0 Å². The third kappa shape index (κ3) is 6.40. The number of carbonyl (C=O) groups excluding carboxylic acids is 2. The summed E-state index contributed by atoms with van der Waals surface area (Å²) in [6.07, 6.45) is 4.51. The summed E-state index contributed by atoms with van der Waals surface area (Å²) in [5.74, 6) is 0.0880. The zero-order valence-corrected chi connectivity index (χ0v) is 23.1. The van der Waals surface area contributed by atoms with Gasteiger partial charge in [-0.1, -0.05) is 12.1 Å². The van der Waals surface area contributed by atoms with E-state index >= 15 is 0 Å². The van der Waals surface area contributed by atoms with Gasteiger partial charge in [0.05, 0.1) is 11.6 Å². The Morgan fingerprint density at radius 1 is 1.13 bits per heavy atom. The maximum Gasteiger partial charge on any atom is 0.419 e. The van der Waals surface area contributed by atoms with Gasteiger partial charge < -0.3 is 19.5 Å². The van der Waals surface area contributed by atoms with Crippen molar-refractivity contribution in [1.82, 2.24) is 14.5 Å². The van der Waals surface area contributed by atoms with E-state index < -0.39 is 11.7 Å². The molecule has 0 spiro atoms. The molecule has 1 fully saturated rings. The summed E-state index contributed by atoms with van der Waals surface area (Å²) in [5.41, 5.74) is 2.48. The number of likely N-dealkylation sites (tertiary alicyclic amines) is 1. The maximum atomic E-state index is 13.3. The van der Waals surface area contributed by atoms with E-state index in [1.165, 1.54) is 0 Å². The van der Waals surface area contributed by atoms with Crippen molar-refractivity contribution in [3.63, 3.8) is 0 Å². The van der Waals surface area contributed by atoms with E-state index in [4.69, 9.17) is 14.2 Å². The van der Waals surface area contributed by atoms with Gasteiger partial charge in [0.25, 0.3) is 5.91 Å². The SMILES string of the molecule is COC(CCc1ccc(C(=O)Nc2cc3c(cn2)cc([C@H]2CCCN2C)n3C(=O)OC(C)(C)C)cc1)OC. The molecule has 0 saturated carbocycles. The van der Waals surface area contributed by atoms with Crippen LogP contribution in [0, 0.1) is 0 Å². The van der Waals surface area contributed by atoms with E-state index in [0.717, 1.165) is 48.9 Å². The molecule has 0 aliphatic carbocycles. The minimum absolute atomic E-state index is 0.106. The van der Waals surface area contributed by atoms with Crippen LogP contribution >= 0.6 is 0 Å². The molecule has 9 nitrogen and oxygen atoms in total. The second-order valence-corrected chi connectivity index (χ2v) is 10.7. The summed E-state index contributed by atoms with van der Waals surface area (Å²) in [7, 11) is 5.30. The van der Waals surface area contributed by atoms with Gasteiger partial charge >= 0.3 is 6.09 Å². The van der Waals surface area contributed by atoms with Gasteiger partial charge in [-0.15, -0.1) is 0 Å². The van der Waals surface area contributed by atoms with Gasteiger partial charge in [-0.05, 0) is 77.4 Å². The highest BCUT2D eigenvalue weighted by atomic mass is 16.7. The highest BCUT2D eigenvalue weighted by Gasteiger charge is 2.30. The zero-order chi connectivity index (χ0) is 27.4. The molecule has 1 aromatic carbocycles. The molecule has 1 atom stereocenters. The molecule has 1 saturated heterocycles. The lowest BCUT2D eigenvalue weighted by molar-refractivity contribution is -0.105. The summed E-state index contributed by atoms with van der Waals surface area (Å²) in [6.45, 7) is 6.52. The van der Waals surface area contributed by atoms with Crippen molar-refractivity contribution in [3.05, 3.63) is 59.4 Å². The standard InChI is InChI=1S/C29H38N4O5/c1-29(2,3)38-28(35)33-23-17-25(30-18-21(23)16-24(33)22-8-7-15-32(22)4)31-27(34)20-12-9-19(10-13-20)11-14-26(36-5)37-6/h9-10,12-13,16-18,22,26H,7-8,11,14-15H2,1-6H3,(H,30,31,34)/t22-/m1/s1. The molecule has 0 bridgehead atoms. The van der Waals surface area contributed by atoms with Gasteiger partial charge in [0.2, 0.25) is 0 Å². The van der Waals surface area contributed by atoms with Gasteiger partial charge in [-0.25, -0.2) is 14.3 Å². The Hall–Kier alpha value is -3.27. The Kier molecular flexibility index (Phi) is 8.50. The van der Waals surface area contributed by atoms with E-state index in [0.29, 0.717) is 16.9 Å². The molecule has 9 heteroatoms. The van der Waals surface area contributed by atoms with Gasteiger partial charge in [-0.2, -0.15) is 0 Å². The summed E-state index contributed by atoms with van der Waals surface area (Å²) in [6, 6.07) is 11.3. The number of fused-ring (bicyclic) bond motifs is 1. The number of hydrogen-bond donors (Lipinski definition) is 1. The van der Waals surface area contributed by atoms with Crippen LogP contribution in [0.15, 0.2) is 42.6 Å². The zero-order valence-electron chi connectivity index (χ0n) is 23.1. The van der Waals surface area contributed by atoms with E-state index in [9.17, 15) is 9.59 Å². The van der Waals surface area contributed by atoms with E-state index in [1.54, 1.807) is 43.2 Å². The first-order valence-corrected chi connectivity index (χ1v) is 13.0. The minimum atomic E-state index is -0.642. The second kappa shape index (κ2) is 11.6. The molecule has 1 N–H and O–H groups in total. The molecule has 4 rings (SSSR count). The average Bonchev–Trinajstić information content (AvgIpc) is 3.46. The molecular formula is C29H38N4O5. The molecule has 1 aliphatic rings. The first kappa shape index (κ1) is 27.8. The van der Waals surface area contributed by atoms with Crippen LogP contribution in [0.25, 0.3) is 10.9 Å². The smallest absolute Gasteiger partial charge is 0.419 e. The number of benzene rings is 1. The van der Waals surface area contributed by atoms with Crippen molar-refractivity contribution in [1.29, 1.82) is 0 Å². The number of nitrogens with zero attached hydrogens (tertiary/aromatic N) is 3. The fourth-order valence-electron chi connectivity index (χ4n) is 4.86. The average molecular weight is 523 g/mol. The fraction of sp³-hybridized carbons (Fsp3) is 0.483. The quantitative estimate of drug-likeness (QED) is 0.396. The van der Waals surface area contributed by atoms with Gasteiger partial charge in [0, 0.05) is 49.5 Å². The molecular weight excluding hydrogens is 484 g/mol. The van der Waals surface area contributed by atoms with Crippen molar-refractivity contribution in [2.24, 2.45) is 0 Å². The van der Waals surface area contributed by atoms with Crippen molar-refractivity contribution < 1.29 is 23.8 Å². The number of pyridine rings is 1. The number of anilines is 1. The lowest BCUT2D eigenvalue weighted by Gasteiger charge is -2.24. The molecule has 2 aromatic heterocycles. The van der Waals surface area contributed by atoms with Crippen molar-refractivity contribution in [2.45, 2.75) is 64.4 Å². The predicted molar refractivity (Wildman–Crippen MR) is 146 cm³/mol. The molecule has 1 aliphatic heterocycles. The van der Waals surface area contributed by atoms with Crippen LogP contribution in [0.1, 0.15) is 67.7 Å². The summed E-state index contributed by atoms with van der Waals surface area (Å²) in [5, 5.41) is 3.69. The second-order valence-electron chi connectivity index (χ2n) is 10.7. The number of rotatable bonds is 8. The fourth-order valence-corrected chi connectivity index (χ4v) is 4.86. The molecule has 1 amide bonds. The monoisotopic (exact) mass is 522 g/mol.